The lowest BCUT2D eigenvalue weighted by Crippen LogP contribution is -2.43. The summed E-state index contributed by atoms with van der Waals surface area (Å²) in [6, 6.07) is -0.836. The van der Waals surface area contributed by atoms with E-state index in [0.29, 0.717) is 36.8 Å². The first-order valence-corrected chi connectivity index (χ1v) is 6.85. The number of carbonyl (C=O) groups excluding carboxylic acids is 1. The molecule has 0 aromatic carbocycles. The van der Waals surface area contributed by atoms with Gasteiger partial charge in [-0.15, -0.1) is 0 Å². The van der Waals surface area contributed by atoms with Gasteiger partial charge in [-0.05, 0) is 19.3 Å². The molecule has 0 radical (unpaired) electrons. The van der Waals surface area contributed by atoms with Crippen molar-refractivity contribution in [3.8, 4) is 0 Å². The molecule has 0 heterocycles. The molecule has 0 aliphatic heterocycles. The molecule has 0 aromatic heterocycles. The molecule has 118 valence electrons. The maximum Gasteiger partial charge on any atom is 0.320 e. The van der Waals surface area contributed by atoms with E-state index in [4.69, 9.17) is 10.8 Å². The Bertz CT molecular complexity index is 315. The third-order valence-electron chi connectivity index (χ3n) is 2.76. The Kier molecular flexibility index (Phi) is 8.36. The van der Waals surface area contributed by atoms with E-state index >= 15 is 0 Å². The molecule has 0 aromatic rings. The summed E-state index contributed by atoms with van der Waals surface area (Å²) in [6.45, 7) is 0.989. The van der Waals surface area contributed by atoms with Gasteiger partial charge in [0.05, 0.1) is 27.6 Å². The number of quaternary nitrogens is 1. The second-order valence-electron chi connectivity index (χ2n) is 6.12. The van der Waals surface area contributed by atoms with Crippen molar-refractivity contribution < 1.29 is 24.3 Å². The van der Waals surface area contributed by atoms with Gasteiger partial charge in [0, 0.05) is 6.54 Å². The number of rotatable bonds is 10. The summed E-state index contributed by atoms with van der Waals surface area (Å²) in [6.07, 6.45) is 1.16. The van der Waals surface area contributed by atoms with Crippen molar-refractivity contribution in [2.75, 3.05) is 34.2 Å². The van der Waals surface area contributed by atoms with Crippen molar-refractivity contribution in [1.29, 1.82) is 0 Å². The zero-order valence-electron chi connectivity index (χ0n) is 12.6. The standard InChI is InChI=1S/C13H27N3O4/c1-16(2,3)9-10(17)8-12(18)15-7-5-4-6-11(14)13(19)20/h10-11,17H,4-9,14H2,1-3H3,(H-,15,18,19,20)/p+1. The second kappa shape index (κ2) is 8.89. The van der Waals surface area contributed by atoms with Gasteiger partial charge >= 0.3 is 5.97 Å². The van der Waals surface area contributed by atoms with Crippen molar-refractivity contribution in [3.63, 3.8) is 0 Å². The molecular formula is C13H28N3O4+. The van der Waals surface area contributed by atoms with Gasteiger partial charge in [-0.2, -0.15) is 0 Å². The third-order valence-corrected chi connectivity index (χ3v) is 2.76. The van der Waals surface area contributed by atoms with E-state index in [-0.39, 0.29) is 12.3 Å². The lowest BCUT2D eigenvalue weighted by atomic mass is 10.1. The number of carboxylic acids is 1. The van der Waals surface area contributed by atoms with E-state index in [1.165, 1.54) is 0 Å². The molecule has 7 nitrogen and oxygen atoms in total. The average molecular weight is 290 g/mol. The number of nitrogens with one attached hydrogen (secondary N) is 1. The van der Waals surface area contributed by atoms with Gasteiger partial charge in [-0.25, -0.2) is 0 Å². The number of carbonyl (C=O) groups is 2. The number of unbranched alkanes of at least 4 members (excludes halogenated alkanes) is 1. The maximum atomic E-state index is 11.5. The zero-order valence-corrected chi connectivity index (χ0v) is 12.6. The normalized spacial score (nSPS) is 14.7. The number of nitrogens with two attached hydrogens (primary N) is 1. The number of hydrogen-bond acceptors (Lipinski definition) is 4. The van der Waals surface area contributed by atoms with E-state index in [1.54, 1.807) is 0 Å². The Morgan fingerprint density at radius 3 is 2.35 bits per heavy atom. The van der Waals surface area contributed by atoms with Crippen LogP contribution in [-0.4, -0.2) is 73.0 Å². The van der Waals surface area contributed by atoms with Crippen molar-refractivity contribution in [3.05, 3.63) is 0 Å². The predicted octanol–water partition coefficient (Wildman–Crippen LogP) is -0.858. The highest BCUT2D eigenvalue weighted by molar-refractivity contribution is 5.76. The molecule has 0 saturated heterocycles. The summed E-state index contributed by atoms with van der Waals surface area (Å²) in [4.78, 5) is 22.0. The molecule has 5 N–H and O–H groups in total. The highest BCUT2D eigenvalue weighted by Gasteiger charge is 2.18. The first-order valence-electron chi connectivity index (χ1n) is 6.85. The number of aliphatic carboxylic acids is 1. The molecule has 1 amide bonds. The highest BCUT2D eigenvalue weighted by Crippen LogP contribution is 2.01. The topological polar surface area (TPSA) is 113 Å². The minimum atomic E-state index is -1.00. The van der Waals surface area contributed by atoms with Crippen LogP contribution in [0.2, 0.25) is 0 Å². The fourth-order valence-electron chi connectivity index (χ4n) is 1.82. The molecule has 2 atom stereocenters. The Labute approximate surface area is 120 Å². The number of hydrogen-bond donors (Lipinski definition) is 4. The summed E-state index contributed by atoms with van der Waals surface area (Å²) in [7, 11) is 5.85. The molecule has 0 aliphatic rings. The van der Waals surface area contributed by atoms with Crippen LogP contribution in [-0.2, 0) is 9.59 Å². The van der Waals surface area contributed by atoms with Crippen LogP contribution in [0.25, 0.3) is 0 Å². The van der Waals surface area contributed by atoms with Crippen molar-refractivity contribution in [2.24, 2.45) is 5.73 Å². The molecule has 7 heteroatoms. The Morgan fingerprint density at radius 1 is 1.25 bits per heavy atom. The molecule has 0 bridgehead atoms. The smallest absolute Gasteiger partial charge is 0.320 e. The van der Waals surface area contributed by atoms with Crippen LogP contribution < -0.4 is 11.1 Å². The maximum absolute atomic E-state index is 11.5. The number of aliphatic hydroxyl groups excluding tert-OH is 1. The van der Waals surface area contributed by atoms with Gasteiger partial charge in [0.2, 0.25) is 5.91 Å². The van der Waals surface area contributed by atoms with E-state index in [0.717, 1.165) is 0 Å². The summed E-state index contributed by atoms with van der Waals surface area (Å²) in [5.74, 6) is -1.19. The Hall–Kier alpha value is -1.18. The van der Waals surface area contributed by atoms with Crippen molar-refractivity contribution in [2.45, 2.75) is 37.8 Å². The fraction of sp³-hybridized carbons (Fsp3) is 0.846. The summed E-state index contributed by atoms with van der Waals surface area (Å²) >= 11 is 0. The van der Waals surface area contributed by atoms with Crippen LogP contribution in [0.5, 0.6) is 0 Å². The van der Waals surface area contributed by atoms with Crippen LogP contribution in [0, 0.1) is 0 Å². The quantitative estimate of drug-likeness (QED) is 0.309. The van der Waals surface area contributed by atoms with Crippen molar-refractivity contribution in [1.82, 2.24) is 5.32 Å². The lowest BCUT2D eigenvalue weighted by Gasteiger charge is -2.26. The van der Waals surface area contributed by atoms with Gasteiger partial charge in [-0.1, -0.05) is 0 Å². The SMILES string of the molecule is C[N+](C)(C)CC(O)CC(=O)NCCCCC(N)C(=O)O. The second-order valence-corrected chi connectivity index (χ2v) is 6.12. The summed E-state index contributed by atoms with van der Waals surface area (Å²) in [5, 5.41) is 21.0. The molecule has 0 spiro atoms. The monoisotopic (exact) mass is 290 g/mol. The van der Waals surface area contributed by atoms with Gasteiger partial charge < -0.3 is 25.7 Å². The van der Waals surface area contributed by atoms with Crippen LogP contribution >= 0.6 is 0 Å². The average Bonchev–Trinajstić information content (AvgIpc) is 2.25. The number of aliphatic hydroxyl groups is 1. The van der Waals surface area contributed by atoms with E-state index < -0.39 is 18.1 Å². The highest BCUT2D eigenvalue weighted by atomic mass is 16.4. The Morgan fingerprint density at radius 2 is 1.85 bits per heavy atom. The number of carboxylic acid groups (broad SMARTS) is 1. The van der Waals surface area contributed by atoms with Gasteiger partial charge in [0.1, 0.15) is 18.7 Å². The zero-order chi connectivity index (χ0) is 15.8. The molecule has 20 heavy (non-hydrogen) atoms. The summed E-state index contributed by atoms with van der Waals surface area (Å²) < 4.78 is 0.599. The van der Waals surface area contributed by atoms with Crippen LogP contribution in [0.15, 0.2) is 0 Å². The molecule has 0 saturated carbocycles. The van der Waals surface area contributed by atoms with Crippen LogP contribution in [0.1, 0.15) is 25.7 Å². The number of likely N-dealkylation sites (N-methyl/N-ethyl adjacent to an activating group) is 1. The van der Waals surface area contributed by atoms with E-state index in [1.807, 2.05) is 21.1 Å². The minimum Gasteiger partial charge on any atom is -0.480 e. The molecule has 2 unspecified atom stereocenters. The largest absolute Gasteiger partial charge is 0.480 e. The van der Waals surface area contributed by atoms with Gasteiger partial charge in [0.25, 0.3) is 0 Å². The first-order chi connectivity index (χ1) is 9.11. The third kappa shape index (κ3) is 10.7. The van der Waals surface area contributed by atoms with Crippen LogP contribution in [0.4, 0.5) is 0 Å². The number of nitrogens with zero attached hydrogens (tertiary/aromatic N) is 1. The van der Waals surface area contributed by atoms with Crippen LogP contribution in [0.3, 0.4) is 0 Å². The summed E-state index contributed by atoms with van der Waals surface area (Å²) in [5.41, 5.74) is 5.36. The molecular weight excluding hydrogens is 262 g/mol. The first kappa shape index (κ1) is 18.8. The van der Waals surface area contributed by atoms with E-state index in [9.17, 15) is 14.7 Å². The lowest BCUT2D eigenvalue weighted by molar-refractivity contribution is -0.873. The van der Waals surface area contributed by atoms with Gasteiger partial charge in [-0.3, -0.25) is 9.59 Å². The van der Waals surface area contributed by atoms with Crippen molar-refractivity contribution >= 4 is 11.9 Å². The Balaban J connectivity index is 3.66. The molecule has 0 rings (SSSR count). The minimum absolute atomic E-state index is 0.0875. The van der Waals surface area contributed by atoms with Gasteiger partial charge in [0.15, 0.2) is 0 Å². The molecule has 0 fully saturated rings. The van der Waals surface area contributed by atoms with E-state index in [2.05, 4.69) is 5.32 Å². The molecule has 0 aliphatic carbocycles. The fourth-order valence-corrected chi connectivity index (χ4v) is 1.82. The predicted molar refractivity (Wildman–Crippen MR) is 76.0 cm³/mol. The number of amides is 1.